The second-order valence-electron chi connectivity index (χ2n) is 6.05. The highest BCUT2D eigenvalue weighted by Crippen LogP contribution is 2.32. The summed E-state index contributed by atoms with van der Waals surface area (Å²) in [7, 11) is 1.25. The number of amides is 1. The van der Waals surface area contributed by atoms with Crippen molar-refractivity contribution in [2.75, 3.05) is 19.0 Å². The van der Waals surface area contributed by atoms with Crippen molar-refractivity contribution in [3.63, 3.8) is 0 Å². The third-order valence-electron chi connectivity index (χ3n) is 4.25. The molecule has 0 fully saturated rings. The van der Waals surface area contributed by atoms with Crippen LogP contribution in [0.2, 0.25) is 0 Å². The topological polar surface area (TPSA) is 127 Å². The number of hydrogen-bond acceptors (Lipinski definition) is 8. The normalized spacial score (nSPS) is 10.6. The number of nitrogens with zero attached hydrogens (tertiary/aromatic N) is 1. The minimum Gasteiger partial charge on any atom is -0.465 e. The summed E-state index contributed by atoms with van der Waals surface area (Å²) in [4.78, 5) is 49.2. The van der Waals surface area contributed by atoms with E-state index >= 15 is 0 Å². The Hall–Kier alpha value is -3.53. The summed E-state index contributed by atoms with van der Waals surface area (Å²) in [6.45, 7) is 2.97. The number of methoxy groups -OCH3 is 1. The maximum Gasteiger partial charge on any atom is 0.359 e. The van der Waals surface area contributed by atoms with E-state index in [0.29, 0.717) is 16.0 Å². The van der Waals surface area contributed by atoms with Gasteiger partial charge in [-0.2, -0.15) is 5.10 Å². The number of carbonyl (C=O) groups excluding carboxylic acids is 3. The molecule has 2 heterocycles. The number of esters is 2. The predicted octanol–water partition coefficient (Wildman–Crippen LogP) is 2.18. The molecule has 2 N–H and O–H groups in total. The number of aryl methyl sites for hydroxylation is 1. The summed E-state index contributed by atoms with van der Waals surface area (Å²) < 4.78 is 9.78. The van der Waals surface area contributed by atoms with Gasteiger partial charge in [0.2, 0.25) is 0 Å². The molecule has 10 heteroatoms. The Morgan fingerprint density at radius 1 is 1.14 bits per heavy atom. The van der Waals surface area contributed by atoms with Gasteiger partial charge in [0.1, 0.15) is 5.00 Å². The standard InChI is InChI=1S/C19H17N3O6S/c1-9-10(2)29-17(14(9)18(25)27-3)20-13(23)8-28-19(26)15-11-6-4-5-7-12(11)16(24)22-21-15/h4-7H,8H2,1-3H3,(H,20,23)(H,22,24). The van der Waals surface area contributed by atoms with E-state index in [1.54, 1.807) is 31.2 Å². The van der Waals surface area contributed by atoms with Gasteiger partial charge in [-0.1, -0.05) is 18.2 Å². The summed E-state index contributed by atoms with van der Waals surface area (Å²) in [5, 5.41) is 9.44. The third kappa shape index (κ3) is 4.02. The van der Waals surface area contributed by atoms with Crippen molar-refractivity contribution in [3.8, 4) is 0 Å². The van der Waals surface area contributed by atoms with E-state index < -0.39 is 30.0 Å². The molecule has 2 aromatic heterocycles. The maximum absolute atomic E-state index is 12.3. The van der Waals surface area contributed by atoms with Gasteiger partial charge in [0.15, 0.2) is 12.3 Å². The van der Waals surface area contributed by atoms with Crippen LogP contribution in [0.3, 0.4) is 0 Å². The summed E-state index contributed by atoms with van der Waals surface area (Å²) in [5.74, 6) is -2.05. The molecule has 0 radical (unpaired) electrons. The lowest BCUT2D eigenvalue weighted by Crippen LogP contribution is -2.23. The summed E-state index contributed by atoms with van der Waals surface area (Å²) >= 11 is 1.22. The fourth-order valence-electron chi connectivity index (χ4n) is 2.70. The van der Waals surface area contributed by atoms with Crippen molar-refractivity contribution in [1.82, 2.24) is 10.2 Å². The Labute approximate surface area is 168 Å². The molecule has 29 heavy (non-hydrogen) atoms. The quantitative estimate of drug-likeness (QED) is 0.611. The molecule has 0 atom stereocenters. The van der Waals surface area contributed by atoms with Crippen molar-refractivity contribution in [2.45, 2.75) is 13.8 Å². The van der Waals surface area contributed by atoms with E-state index in [2.05, 4.69) is 15.5 Å². The first-order valence-electron chi connectivity index (χ1n) is 8.46. The molecule has 0 saturated carbocycles. The molecule has 0 aliphatic heterocycles. The summed E-state index contributed by atoms with van der Waals surface area (Å²) in [5.41, 5.74) is 0.431. The van der Waals surface area contributed by atoms with Gasteiger partial charge in [-0.05, 0) is 25.5 Å². The third-order valence-corrected chi connectivity index (χ3v) is 5.37. The van der Waals surface area contributed by atoms with Crippen molar-refractivity contribution in [3.05, 3.63) is 56.3 Å². The maximum atomic E-state index is 12.3. The molecule has 1 aromatic carbocycles. The average Bonchev–Trinajstić information content (AvgIpc) is 2.99. The van der Waals surface area contributed by atoms with Crippen LogP contribution < -0.4 is 10.9 Å². The van der Waals surface area contributed by atoms with Gasteiger partial charge >= 0.3 is 11.9 Å². The molecule has 3 aromatic rings. The van der Waals surface area contributed by atoms with Crippen LogP contribution in [0.1, 0.15) is 31.3 Å². The fourth-order valence-corrected chi connectivity index (χ4v) is 3.76. The zero-order valence-corrected chi connectivity index (χ0v) is 16.6. The lowest BCUT2D eigenvalue weighted by molar-refractivity contribution is -0.119. The molecule has 0 bridgehead atoms. The van der Waals surface area contributed by atoms with Crippen LogP contribution in [0.4, 0.5) is 5.00 Å². The van der Waals surface area contributed by atoms with E-state index in [4.69, 9.17) is 9.47 Å². The van der Waals surface area contributed by atoms with Crippen molar-refractivity contribution in [1.29, 1.82) is 0 Å². The number of thiophene rings is 1. The van der Waals surface area contributed by atoms with E-state index in [1.165, 1.54) is 18.4 Å². The minimum atomic E-state index is -0.862. The molecule has 0 spiro atoms. The van der Waals surface area contributed by atoms with Crippen molar-refractivity contribution >= 4 is 45.0 Å². The number of carbonyl (C=O) groups is 3. The number of anilines is 1. The highest BCUT2D eigenvalue weighted by Gasteiger charge is 2.22. The van der Waals surface area contributed by atoms with Crippen LogP contribution in [0.15, 0.2) is 29.1 Å². The monoisotopic (exact) mass is 415 g/mol. The Bertz CT molecular complexity index is 1180. The van der Waals surface area contributed by atoms with Crippen LogP contribution in [-0.4, -0.2) is 41.8 Å². The van der Waals surface area contributed by atoms with Gasteiger partial charge in [-0.25, -0.2) is 14.7 Å². The summed E-state index contributed by atoms with van der Waals surface area (Å²) in [6.07, 6.45) is 0. The van der Waals surface area contributed by atoms with Crippen LogP contribution in [0, 0.1) is 13.8 Å². The number of benzene rings is 1. The molecular formula is C19H17N3O6S. The SMILES string of the molecule is COC(=O)c1c(NC(=O)COC(=O)c2n[nH]c(=O)c3ccccc23)sc(C)c1C. The van der Waals surface area contributed by atoms with Crippen LogP contribution in [0.25, 0.3) is 10.8 Å². The molecule has 9 nitrogen and oxygen atoms in total. The van der Waals surface area contributed by atoms with Gasteiger partial charge in [0.25, 0.3) is 11.5 Å². The fraction of sp³-hybridized carbons (Fsp3) is 0.211. The van der Waals surface area contributed by atoms with E-state index in [-0.39, 0.29) is 16.6 Å². The lowest BCUT2D eigenvalue weighted by Gasteiger charge is -2.08. The summed E-state index contributed by atoms with van der Waals surface area (Å²) in [6, 6.07) is 6.43. The van der Waals surface area contributed by atoms with Gasteiger partial charge < -0.3 is 14.8 Å². The molecule has 0 saturated heterocycles. The van der Waals surface area contributed by atoms with Gasteiger partial charge in [0.05, 0.1) is 18.1 Å². The van der Waals surface area contributed by atoms with Crippen LogP contribution in [-0.2, 0) is 14.3 Å². The van der Waals surface area contributed by atoms with Crippen LogP contribution in [0.5, 0.6) is 0 Å². The van der Waals surface area contributed by atoms with Gasteiger partial charge in [-0.15, -0.1) is 11.3 Å². The minimum absolute atomic E-state index is 0.105. The Kier molecular flexibility index (Phi) is 5.74. The zero-order valence-electron chi connectivity index (χ0n) is 15.8. The average molecular weight is 415 g/mol. The predicted molar refractivity (Wildman–Crippen MR) is 106 cm³/mol. The number of hydrogen-bond donors (Lipinski definition) is 2. The van der Waals surface area contributed by atoms with Gasteiger partial charge in [0, 0.05) is 10.3 Å². The largest absolute Gasteiger partial charge is 0.465 e. The van der Waals surface area contributed by atoms with Crippen molar-refractivity contribution < 1.29 is 23.9 Å². The zero-order chi connectivity index (χ0) is 21.1. The Morgan fingerprint density at radius 2 is 1.83 bits per heavy atom. The van der Waals surface area contributed by atoms with Crippen LogP contribution >= 0.6 is 11.3 Å². The Morgan fingerprint density at radius 3 is 2.52 bits per heavy atom. The Balaban J connectivity index is 1.73. The molecular weight excluding hydrogens is 398 g/mol. The first kappa shape index (κ1) is 20.2. The molecule has 0 aliphatic carbocycles. The second kappa shape index (κ2) is 8.23. The van der Waals surface area contributed by atoms with E-state index in [0.717, 1.165) is 4.88 Å². The number of ether oxygens (including phenoxy) is 2. The number of rotatable bonds is 5. The molecule has 0 aliphatic rings. The highest BCUT2D eigenvalue weighted by molar-refractivity contribution is 7.16. The smallest absolute Gasteiger partial charge is 0.359 e. The number of aromatic nitrogens is 2. The number of H-pyrrole nitrogens is 1. The highest BCUT2D eigenvalue weighted by atomic mass is 32.1. The second-order valence-corrected chi connectivity index (χ2v) is 7.27. The van der Waals surface area contributed by atoms with E-state index in [1.807, 2.05) is 6.92 Å². The lowest BCUT2D eigenvalue weighted by atomic mass is 10.1. The molecule has 150 valence electrons. The molecule has 3 rings (SSSR count). The number of nitrogens with one attached hydrogen (secondary N) is 2. The number of fused-ring (bicyclic) bond motifs is 1. The van der Waals surface area contributed by atoms with E-state index in [9.17, 15) is 19.2 Å². The molecule has 1 amide bonds. The number of aromatic amines is 1. The van der Waals surface area contributed by atoms with Gasteiger partial charge in [-0.3, -0.25) is 9.59 Å². The van der Waals surface area contributed by atoms with Crippen molar-refractivity contribution in [2.24, 2.45) is 0 Å². The molecule has 0 unspecified atom stereocenters. The first-order valence-corrected chi connectivity index (χ1v) is 9.27. The first-order chi connectivity index (χ1) is 13.8.